The van der Waals surface area contributed by atoms with Crippen LogP contribution < -0.4 is 5.48 Å². The van der Waals surface area contributed by atoms with E-state index in [-0.39, 0.29) is 0 Å². The van der Waals surface area contributed by atoms with Crippen LogP contribution in [-0.2, 0) is 14.5 Å². The van der Waals surface area contributed by atoms with Gasteiger partial charge >= 0.3 is 5.91 Å². The maximum absolute atomic E-state index is 10.7. The van der Waals surface area contributed by atoms with Gasteiger partial charge in [-0.05, 0) is 0 Å². The highest BCUT2D eigenvalue weighted by atomic mass is 16.6. The van der Waals surface area contributed by atoms with Crippen LogP contribution in [0.4, 0.5) is 0 Å². The van der Waals surface area contributed by atoms with Crippen molar-refractivity contribution in [2.75, 3.05) is 14.2 Å². The van der Waals surface area contributed by atoms with Crippen molar-refractivity contribution in [3.8, 4) is 6.07 Å². The van der Waals surface area contributed by atoms with Gasteiger partial charge in [0.25, 0.3) is 0 Å². The highest BCUT2D eigenvalue weighted by Gasteiger charge is 2.09. The molecule has 0 aromatic rings. The predicted octanol–water partition coefficient (Wildman–Crippen LogP) is -0.810. The van der Waals surface area contributed by atoms with Gasteiger partial charge in [-0.15, -0.1) is 0 Å². The number of carbonyl (C=O) groups excluding carboxylic acids is 1. The molecule has 6 heteroatoms. The molecule has 0 atom stereocenters. The first-order valence-electron chi connectivity index (χ1n) is 2.60. The molecule has 0 radical (unpaired) electrons. The lowest BCUT2D eigenvalue weighted by Crippen LogP contribution is -2.29. The highest BCUT2D eigenvalue weighted by Crippen LogP contribution is 1.78. The number of hydroxylamine groups is 1. The van der Waals surface area contributed by atoms with Crippen LogP contribution in [0.15, 0.2) is 5.16 Å². The Morgan fingerprint density at radius 3 is 2.64 bits per heavy atom. The van der Waals surface area contributed by atoms with E-state index >= 15 is 0 Å². The number of amides is 1. The van der Waals surface area contributed by atoms with Crippen molar-refractivity contribution >= 4 is 11.6 Å². The third-order valence-electron chi connectivity index (χ3n) is 0.698. The summed E-state index contributed by atoms with van der Waals surface area (Å²) in [6, 6.07) is 1.52. The summed E-state index contributed by atoms with van der Waals surface area (Å²) >= 11 is 0. The number of nitrogens with one attached hydrogen (secondary N) is 1. The summed E-state index contributed by atoms with van der Waals surface area (Å²) in [5.74, 6) is -0.739. The Kier molecular flexibility index (Phi) is 4.44. The minimum Gasteiger partial charge on any atom is -0.398 e. The van der Waals surface area contributed by atoms with Crippen molar-refractivity contribution in [3.05, 3.63) is 0 Å². The maximum Gasteiger partial charge on any atom is 0.307 e. The van der Waals surface area contributed by atoms with Crippen molar-refractivity contribution in [1.82, 2.24) is 5.48 Å². The van der Waals surface area contributed by atoms with Gasteiger partial charge in [-0.25, -0.2) is 5.48 Å². The molecule has 0 spiro atoms. The van der Waals surface area contributed by atoms with E-state index in [2.05, 4.69) is 14.8 Å². The first kappa shape index (κ1) is 9.39. The molecule has 0 aliphatic rings. The average molecular weight is 157 g/mol. The zero-order chi connectivity index (χ0) is 8.69. The molecular formula is C5H7N3O3. The molecule has 11 heavy (non-hydrogen) atoms. The standard InChI is InChI=1S/C5H7N3O3/c1-10-7-4(3-6)5(9)8-11-2/h1-2H3,(H,8,9). The van der Waals surface area contributed by atoms with E-state index in [9.17, 15) is 4.79 Å². The predicted molar refractivity (Wildman–Crippen MR) is 35.2 cm³/mol. The second-order valence-electron chi connectivity index (χ2n) is 1.37. The van der Waals surface area contributed by atoms with Gasteiger partial charge in [0, 0.05) is 0 Å². The van der Waals surface area contributed by atoms with Crippen LogP contribution in [-0.4, -0.2) is 25.8 Å². The molecule has 0 aliphatic carbocycles. The van der Waals surface area contributed by atoms with Crippen molar-refractivity contribution in [1.29, 1.82) is 5.26 Å². The van der Waals surface area contributed by atoms with Gasteiger partial charge in [0.2, 0.25) is 5.71 Å². The quantitative estimate of drug-likeness (QED) is 0.429. The molecule has 0 saturated heterocycles. The summed E-state index contributed by atoms with van der Waals surface area (Å²) in [6.07, 6.45) is 0. The van der Waals surface area contributed by atoms with Crippen molar-refractivity contribution in [2.45, 2.75) is 0 Å². The van der Waals surface area contributed by atoms with E-state index in [0.29, 0.717) is 0 Å². The van der Waals surface area contributed by atoms with E-state index in [1.54, 1.807) is 0 Å². The number of hydrogen-bond donors (Lipinski definition) is 1. The SMILES string of the molecule is CON=C(C#N)C(=O)NOC. The molecule has 0 bridgehead atoms. The number of oxime groups is 1. The first-order chi connectivity index (χ1) is 5.26. The molecule has 1 N–H and O–H groups in total. The number of hydrogen-bond acceptors (Lipinski definition) is 5. The van der Waals surface area contributed by atoms with E-state index in [1.807, 2.05) is 5.48 Å². The van der Waals surface area contributed by atoms with Crippen LogP contribution in [0.25, 0.3) is 0 Å². The molecule has 0 rings (SSSR count). The third kappa shape index (κ3) is 3.17. The molecule has 0 heterocycles. The van der Waals surface area contributed by atoms with E-state index in [4.69, 9.17) is 5.26 Å². The first-order valence-corrected chi connectivity index (χ1v) is 2.60. The minimum atomic E-state index is -0.739. The maximum atomic E-state index is 10.7. The van der Waals surface area contributed by atoms with Crippen LogP contribution in [0.2, 0.25) is 0 Å². The number of rotatable bonds is 3. The van der Waals surface area contributed by atoms with E-state index in [0.717, 1.165) is 0 Å². The van der Waals surface area contributed by atoms with Crippen LogP contribution in [0.5, 0.6) is 0 Å². The van der Waals surface area contributed by atoms with Crippen LogP contribution in [0, 0.1) is 11.3 Å². The second-order valence-corrected chi connectivity index (χ2v) is 1.37. The van der Waals surface area contributed by atoms with Crippen molar-refractivity contribution in [3.63, 3.8) is 0 Å². The molecule has 0 aromatic heterocycles. The Morgan fingerprint density at radius 2 is 2.27 bits per heavy atom. The summed E-state index contributed by atoms with van der Waals surface area (Å²) in [6.45, 7) is 0. The second kappa shape index (κ2) is 5.20. The average Bonchev–Trinajstić information content (AvgIpc) is 2.00. The van der Waals surface area contributed by atoms with E-state index in [1.165, 1.54) is 20.3 Å². The molecule has 6 nitrogen and oxygen atoms in total. The lowest BCUT2D eigenvalue weighted by atomic mass is 10.4. The highest BCUT2D eigenvalue weighted by molar-refractivity contribution is 6.44. The Balaban J connectivity index is 4.18. The van der Waals surface area contributed by atoms with Gasteiger partial charge in [-0.3, -0.25) is 9.63 Å². The van der Waals surface area contributed by atoms with Gasteiger partial charge in [-0.1, -0.05) is 5.16 Å². The van der Waals surface area contributed by atoms with Gasteiger partial charge in [-0.2, -0.15) is 5.26 Å². The van der Waals surface area contributed by atoms with Gasteiger partial charge in [0.05, 0.1) is 7.11 Å². The van der Waals surface area contributed by atoms with Crippen LogP contribution >= 0.6 is 0 Å². The summed E-state index contributed by atoms with van der Waals surface area (Å²) < 4.78 is 0. The van der Waals surface area contributed by atoms with Crippen molar-refractivity contribution in [2.24, 2.45) is 5.16 Å². The molecule has 0 saturated carbocycles. The minimum absolute atomic E-state index is 0.394. The number of nitriles is 1. The molecule has 60 valence electrons. The Labute approximate surface area is 63.3 Å². The fourth-order valence-electron chi connectivity index (χ4n) is 0.345. The Hall–Kier alpha value is -1.61. The molecule has 0 aliphatic heterocycles. The van der Waals surface area contributed by atoms with Gasteiger partial charge in [0.1, 0.15) is 13.2 Å². The fraction of sp³-hybridized carbons (Fsp3) is 0.400. The van der Waals surface area contributed by atoms with Gasteiger partial charge < -0.3 is 4.84 Å². The largest absolute Gasteiger partial charge is 0.398 e. The molecule has 0 aromatic carbocycles. The zero-order valence-corrected chi connectivity index (χ0v) is 6.12. The molecule has 0 fully saturated rings. The normalized spacial score (nSPS) is 10.1. The molecule has 1 amide bonds. The Morgan fingerprint density at radius 1 is 1.64 bits per heavy atom. The summed E-state index contributed by atoms with van der Waals surface area (Å²) in [5.41, 5.74) is 1.52. The lowest BCUT2D eigenvalue weighted by Gasteiger charge is -1.96. The fourth-order valence-corrected chi connectivity index (χ4v) is 0.345. The number of carbonyl (C=O) groups is 1. The Bertz CT molecular complexity index is 206. The van der Waals surface area contributed by atoms with Crippen LogP contribution in [0.1, 0.15) is 0 Å². The molecular weight excluding hydrogens is 150 g/mol. The topological polar surface area (TPSA) is 83.7 Å². The smallest absolute Gasteiger partial charge is 0.307 e. The molecule has 0 unspecified atom stereocenters. The number of nitrogens with zero attached hydrogens (tertiary/aromatic N) is 2. The third-order valence-corrected chi connectivity index (χ3v) is 0.698. The summed E-state index contributed by atoms with van der Waals surface area (Å²) in [7, 11) is 2.48. The van der Waals surface area contributed by atoms with Crippen LogP contribution in [0.3, 0.4) is 0 Å². The summed E-state index contributed by atoms with van der Waals surface area (Å²) in [4.78, 5) is 19.2. The van der Waals surface area contributed by atoms with Crippen molar-refractivity contribution < 1.29 is 14.5 Å². The zero-order valence-electron chi connectivity index (χ0n) is 6.12. The lowest BCUT2D eigenvalue weighted by molar-refractivity contribution is -0.124. The summed E-state index contributed by atoms with van der Waals surface area (Å²) in [5, 5.41) is 11.4. The monoisotopic (exact) mass is 157 g/mol. The van der Waals surface area contributed by atoms with E-state index < -0.39 is 11.6 Å². The van der Waals surface area contributed by atoms with Gasteiger partial charge in [0.15, 0.2) is 0 Å².